The SMILES string of the molecule is CCCC(C)OC(=O)NCc1c(-c2ccc(O[C@H]3CCC[C@H](C(=O)O)C3)c(C)n2)nnn1C. The van der Waals surface area contributed by atoms with E-state index in [9.17, 15) is 14.7 Å². The predicted octanol–water partition coefficient (Wildman–Crippen LogP) is 3.62. The Hall–Kier alpha value is -3.17. The molecule has 1 fully saturated rings. The predicted molar refractivity (Wildman–Crippen MR) is 121 cm³/mol. The number of aliphatic carboxylic acids is 1. The number of carboxylic acids is 1. The molecule has 1 saturated carbocycles. The fraction of sp³-hybridized carbons (Fsp3) is 0.609. The number of hydrogen-bond donors (Lipinski definition) is 2. The summed E-state index contributed by atoms with van der Waals surface area (Å²) in [7, 11) is 1.75. The normalized spacial score (nSPS) is 19.0. The van der Waals surface area contributed by atoms with Crippen molar-refractivity contribution in [2.75, 3.05) is 0 Å². The Kier molecular flexibility index (Phi) is 8.24. The summed E-state index contributed by atoms with van der Waals surface area (Å²) < 4.78 is 13.0. The number of alkyl carbamates (subject to hydrolysis) is 1. The van der Waals surface area contributed by atoms with Crippen LogP contribution in [0.1, 0.15) is 63.8 Å². The first-order valence-corrected chi connectivity index (χ1v) is 11.5. The number of nitrogens with zero attached hydrogens (tertiary/aromatic N) is 4. The number of hydrogen-bond acceptors (Lipinski definition) is 7. The number of amides is 1. The van der Waals surface area contributed by atoms with E-state index in [0.717, 1.165) is 25.7 Å². The quantitative estimate of drug-likeness (QED) is 0.582. The lowest BCUT2D eigenvalue weighted by Gasteiger charge is -2.27. The molecule has 0 spiro atoms. The Bertz CT molecular complexity index is 976. The molecule has 1 aliphatic rings. The van der Waals surface area contributed by atoms with Crippen LogP contribution >= 0.6 is 0 Å². The molecule has 180 valence electrons. The Labute approximate surface area is 193 Å². The van der Waals surface area contributed by atoms with Gasteiger partial charge in [0, 0.05) is 7.05 Å². The summed E-state index contributed by atoms with van der Waals surface area (Å²) >= 11 is 0. The van der Waals surface area contributed by atoms with E-state index in [1.165, 1.54) is 0 Å². The molecule has 3 atom stereocenters. The highest BCUT2D eigenvalue weighted by Gasteiger charge is 2.28. The molecule has 1 amide bonds. The van der Waals surface area contributed by atoms with E-state index >= 15 is 0 Å². The maximum atomic E-state index is 12.1. The van der Waals surface area contributed by atoms with Crippen molar-refractivity contribution in [3.05, 3.63) is 23.5 Å². The minimum Gasteiger partial charge on any atom is -0.489 e. The number of carbonyl (C=O) groups is 2. The molecule has 0 saturated heterocycles. The van der Waals surface area contributed by atoms with Crippen molar-refractivity contribution < 1.29 is 24.2 Å². The van der Waals surface area contributed by atoms with Crippen molar-refractivity contribution in [2.45, 2.75) is 78.0 Å². The lowest BCUT2D eigenvalue weighted by molar-refractivity contribution is -0.143. The maximum Gasteiger partial charge on any atom is 0.407 e. The number of carboxylic acid groups (broad SMARTS) is 1. The van der Waals surface area contributed by atoms with Gasteiger partial charge in [-0.3, -0.25) is 4.79 Å². The van der Waals surface area contributed by atoms with Gasteiger partial charge in [-0.25, -0.2) is 14.5 Å². The second-order valence-corrected chi connectivity index (χ2v) is 8.59. The molecule has 1 unspecified atom stereocenters. The standard InChI is InChI=1S/C23H33N5O5/c1-5-7-14(2)32-23(31)24-13-19-21(26-27-28(19)4)18-10-11-20(15(3)25-18)33-17-9-6-8-16(12-17)22(29)30/h10-11,14,16-17H,5-9,12-13H2,1-4H3,(H,24,31)(H,29,30)/t14?,16-,17-/m0/s1. The van der Waals surface area contributed by atoms with Crippen LogP contribution in [-0.4, -0.2) is 49.4 Å². The molecule has 10 nitrogen and oxygen atoms in total. The van der Waals surface area contributed by atoms with Crippen LogP contribution in [0.25, 0.3) is 11.4 Å². The van der Waals surface area contributed by atoms with E-state index in [0.29, 0.717) is 41.4 Å². The first-order chi connectivity index (χ1) is 15.8. The zero-order valence-corrected chi connectivity index (χ0v) is 19.7. The average molecular weight is 460 g/mol. The molecule has 10 heteroatoms. The molecule has 0 aromatic carbocycles. The molecular formula is C23H33N5O5. The Morgan fingerprint density at radius 3 is 2.82 bits per heavy atom. The van der Waals surface area contributed by atoms with Crippen LogP contribution in [0.5, 0.6) is 5.75 Å². The lowest BCUT2D eigenvalue weighted by Crippen LogP contribution is -2.29. The van der Waals surface area contributed by atoms with Gasteiger partial charge < -0.3 is 19.9 Å². The number of nitrogens with one attached hydrogen (secondary N) is 1. The second-order valence-electron chi connectivity index (χ2n) is 8.59. The van der Waals surface area contributed by atoms with Crippen molar-refractivity contribution in [3.63, 3.8) is 0 Å². The molecule has 2 heterocycles. The summed E-state index contributed by atoms with van der Waals surface area (Å²) in [5.74, 6) is -0.490. The monoisotopic (exact) mass is 459 g/mol. The first-order valence-electron chi connectivity index (χ1n) is 11.5. The first kappa shape index (κ1) is 24.5. The van der Waals surface area contributed by atoms with Gasteiger partial charge in [-0.15, -0.1) is 5.10 Å². The van der Waals surface area contributed by atoms with Crippen LogP contribution in [0.2, 0.25) is 0 Å². The number of aromatic nitrogens is 4. The van der Waals surface area contributed by atoms with E-state index in [1.807, 2.05) is 26.8 Å². The Morgan fingerprint density at radius 1 is 1.33 bits per heavy atom. The van der Waals surface area contributed by atoms with Gasteiger partial charge in [0.1, 0.15) is 17.5 Å². The second kappa shape index (κ2) is 11.1. The maximum absolute atomic E-state index is 12.1. The molecule has 2 aromatic heterocycles. The van der Waals surface area contributed by atoms with E-state index < -0.39 is 12.1 Å². The van der Waals surface area contributed by atoms with Crippen LogP contribution in [0, 0.1) is 12.8 Å². The van der Waals surface area contributed by atoms with Crippen LogP contribution in [0.3, 0.4) is 0 Å². The third kappa shape index (κ3) is 6.43. The topological polar surface area (TPSA) is 128 Å². The highest BCUT2D eigenvalue weighted by Crippen LogP contribution is 2.30. The van der Waals surface area contributed by atoms with Crippen molar-refractivity contribution in [1.29, 1.82) is 0 Å². The summed E-state index contributed by atoms with van der Waals surface area (Å²) in [6.07, 6.45) is 3.85. The van der Waals surface area contributed by atoms with Crippen molar-refractivity contribution in [2.24, 2.45) is 13.0 Å². The Morgan fingerprint density at radius 2 is 2.12 bits per heavy atom. The van der Waals surface area contributed by atoms with Gasteiger partial charge in [0.15, 0.2) is 0 Å². The minimum atomic E-state index is -0.763. The summed E-state index contributed by atoms with van der Waals surface area (Å²) in [4.78, 5) is 28.0. The summed E-state index contributed by atoms with van der Waals surface area (Å²) in [5.41, 5.74) is 2.57. The number of pyridine rings is 1. The molecule has 2 N–H and O–H groups in total. The van der Waals surface area contributed by atoms with Crippen molar-refractivity contribution in [1.82, 2.24) is 25.3 Å². The summed E-state index contributed by atoms with van der Waals surface area (Å²) in [6.45, 7) is 5.95. The number of ether oxygens (including phenoxy) is 2. The van der Waals surface area contributed by atoms with Crippen LogP contribution < -0.4 is 10.1 Å². The molecule has 1 aliphatic carbocycles. The third-order valence-electron chi connectivity index (χ3n) is 5.90. The van der Waals surface area contributed by atoms with Gasteiger partial charge in [0.25, 0.3) is 0 Å². The van der Waals surface area contributed by atoms with Gasteiger partial charge in [0.2, 0.25) is 0 Å². The molecule has 3 rings (SSSR count). The van der Waals surface area contributed by atoms with Crippen LogP contribution in [0.15, 0.2) is 12.1 Å². The number of rotatable bonds is 9. The fourth-order valence-corrected chi connectivity index (χ4v) is 4.08. The van der Waals surface area contributed by atoms with E-state index in [2.05, 4.69) is 20.6 Å². The largest absolute Gasteiger partial charge is 0.489 e. The van der Waals surface area contributed by atoms with Crippen molar-refractivity contribution in [3.8, 4) is 17.1 Å². The van der Waals surface area contributed by atoms with E-state index in [4.69, 9.17) is 9.47 Å². The van der Waals surface area contributed by atoms with Crippen molar-refractivity contribution >= 4 is 12.1 Å². The molecule has 0 radical (unpaired) electrons. The molecule has 0 bridgehead atoms. The van der Waals surface area contributed by atoms with Gasteiger partial charge in [-0.2, -0.15) is 0 Å². The van der Waals surface area contributed by atoms with Gasteiger partial charge in [0.05, 0.1) is 35.6 Å². The van der Waals surface area contributed by atoms with Gasteiger partial charge in [-0.1, -0.05) is 18.6 Å². The molecular weight excluding hydrogens is 426 g/mol. The van der Waals surface area contributed by atoms with E-state index in [-0.39, 0.29) is 24.7 Å². The molecule has 0 aliphatic heterocycles. The molecule has 33 heavy (non-hydrogen) atoms. The number of aryl methyl sites for hydroxylation is 2. The zero-order chi connectivity index (χ0) is 24.0. The fourth-order valence-electron chi connectivity index (χ4n) is 4.08. The third-order valence-corrected chi connectivity index (χ3v) is 5.90. The van der Waals surface area contributed by atoms with Crippen LogP contribution in [-0.2, 0) is 23.1 Å². The van der Waals surface area contributed by atoms with Gasteiger partial charge in [-0.05, 0) is 58.1 Å². The molecule has 2 aromatic rings. The highest BCUT2D eigenvalue weighted by molar-refractivity contribution is 5.70. The van der Waals surface area contributed by atoms with Gasteiger partial charge >= 0.3 is 12.1 Å². The summed E-state index contributed by atoms with van der Waals surface area (Å²) in [6, 6.07) is 3.63. The summed E-state index contributed by atoms with van der Waals surface area (Å²) in [5, 5.41) is 20.4. The smallest absolute Gasteiger partial charge is 0.407 e. The highest BCUT2D eigenvalue weighted by atomic mass is 16.6. The zero-order valence-electron chi connectivity index (χ0n) is 19.7. The minimum absolute atomic E-state index is 0.136. The Balaban J connectivity index is 1.67. The lowest BCUT2D eigenvalue weighted by atomic mass is 9.87. The average Bonchev–Trinajstić information content (AvgIpc) is 3.14. The van der Waals surface area contributed by atoms with E-state index in [1.54, 1.807) is 17.8 Å². The number of carbonyl (C=O) groups excluding carboxylic acids is 1. The van der Waals surface area contributed by atoms with Crippen LogP contribution in [0.4, 0.5) is 4.79 Å².